The summed E-state index contributed by atoms with van der Waals surface area (Å²) in [6, 6.07) is 1.61. The highest BCUT2D eigenvalue weighted by molar-refractivity contribution is 6.74. The fourth-order valence-corrected chi connectivity index (χ4v) is 3.88. The number of alkyl halides is 1. The lowest BCUT2D eigenvalue weighted by atomic mass is 10.2. The molecule has 1 N–H and O–H groups in total. The molecule has 0 fully saturated rings. The summed E-state index contributed by atoms with van der Waals surface area (Å²) in [7, 11) is -2.24. The van der Waals surface area contributed by atoms with Crippen LogP contribution in [0.25, 0.3) is 0 Å². The van der Waals surface area contributed by atoms with Gasteiger partial charge >= 0.3 is 6.09 Å². The zero-order valence-electron chi connectivity index (χ0n) is 16.8. The Balaban J connectivity index is 5.12. The van der Waals surface area contributed by atoms with Crippen molar-refractivity contribution in [3.8, 4) is 6.07 Å². The largest absolute Gasteiger partial charge is 0.428 e. The minimum atomic E-state index is -2.24. The van der Waals surface area contributed by atoms with Crippen LogP contribution < -0.4 is 0 Å². The smallest absolute Gasteiger partial charge is 0.411 e. The van der Waals surface area contributed by atoms with Crippen LogP contribution in [0, 0.1) is 11.3 Å². The van der Waals surface area contributed by atoms with Crippen molar-refractivity contribution in [2.75, 3.05) is 0 Å². The van der Waals surface area contributed by atoms with Gasteiger partial charge in [0.25, 0.3) is 0 Å². The number of aliphatic hydroxyl groups excluding tert-OH is 1. The molecule has 0 rings (SSSR count). The van der Waals surface area contributed by atoms with Crippen LogP contribution in [0.5, 0.6) is 0 Å². The van der Waals surface area contributed by atoms with Crippen LogP contribution in [0.4, 0.5) is 4.79 Å². The first-order valence-electron chi connectivity index (χ1n) is 8.54. The molecule has 3 atom stereocenters. The Kier molecular flexibility index (Phi) is 8.92. The van der Waals surface area contributed by atoms with E-state index in [1.807, 2.05) is 61.6 Å². The van der Waals surface area contributed by atoms with Crippen LogP contribution in [0.1, 0.15) is 48.5 Å². The summed E-state index contributed by atoms with van der Waals surface area (Å²) in [5.74, 6) is 0. The van der Waals surface area contributed by atoms with Gasteiger partial charge < -0.3 is 19.2 Å². The summed E-state index contributed by atoms with van der Waals surface area (Å²) in [5.41, 5.74) is -1.13. The highest BCUT2D eigenvalue weighted by atomic mass is 35.5. The van der Waals surface area contributed by atoms with Crippen molar-refractivity contribution in [2.45, 2.75) is 96.5 Å². The first-order chi connectivity index (χ1) is 11.2. The molecule has 6 nitrogen and oxygen atoms in total. The number of nitriles is 1. The van der Waals surface area contributed by atoms with Crippen molar-refractivity contribution < 1.29 is 19.1 Å². The molecule has 0 aliphatic rings. The number of hydrogen-bond acceptors (Lipinski definition) is 5. The Hall–Kier alpha value is -0.813. The number of hydrogen-bond donors (Lipinski definition) is 1. The van der Waals surface area contributed by atoms with Crippen LogP contribution in [0.2, 0.25) is 18.1 Å². The van der Waals surface area contributed by atoms with Crippen LogP contribution in [-0.4, -0.2) is 54.3 Å². The number of carbonyl (C=O) groups is 1. The van der Waals surface area contributed by atoms with Gasteiger partial charge in [0.2, 0.25) is 6.10 Å². The van der Waals surface area contributed by atoms with Gasteiger partial charge in [-0.25, -0.2) is 4.79 Å². The van der Waals surface area contributed by atoms with Gasteiger partial charge in [-0.1, -0.05) is 32.4 Å². The third kappa shape index (κ3) is 6.78. The molecule has 0 aromatic carbocycles. The molecule has 0 aromatic heterocycles. The van der Waals surface area contributed by atoms with E-state index < -0.39 is 32.2 Å². The van der Waals surface area contributed by atoms with E-state index in [-0.39, 0.29) is 17.1 Å². The topological polar surface area (TPSA) is 82.8 Å². The summed E-state index contributed by atoms with van der Waals surface area (Å²) in [6.45, 7) is 17.5. The predicted molar refractivity (Wildman–Crippen MR) is 102 cm³/mol. The lowest BCUT2D eigenvalue weighted by Gasteiger charge is -2.39. The predicted octanol–water partition coefficient (Wildman–Crippen LogP) is 4.08. The van der Waals surface area contributed by atoms with Crippen LogP contribution in [0.3, 0.4) is 0 Å². The average molecular weight is 393 g/mol. The molecule has 0 heterocycles. The molecule has 25 heavy (non-hydrogen) atoms. The average Bonchev–Trinajstić information content (AvgIpc) is 2.41. The Morgan fingerprint density at radius 3 is 1.96 bits per heavy atom. The molecule has 1 amide bonds. The van der Waals surface area contributed by atoms with Crippen molar-refractivity contribution in [3.63, 3.8) is 0 Å². The van der Waals surface area contributed by atoms with E-state index in [0.717, 1.165) is 0 Å². The minimum Gasteiger partial charge on any atom is -0.428 e. The lowest BCUT2D eigenvalue weighted by molar-refractivity contribution is -0.0244. The van der Waals surface area contributed by atoms with Gasteiger partial charge in [-0.15, -0.1) is 0 Å². The van der Waals surface area contributed by atoms with E-state index in [0.29, 0.717) is 0 Å². The first kappa shape index (κ1) is 24.2. The van der Waals surface area contributed by atoms with Gasteiger partial charge in [-0.2, -0.15) is 5.26 Å². The number of rotatable bonds is 7. The number of nitrogens with zero attached hydrogens (tertiary/aromatic N) is 2. The maximum Gasteiger partial charge on any atom is 0.411 e. The Bertz CT molecular complexity index is 478. The van der Waals surface area contributed by atoms with Crippen LogP contribution in [-0.2, 0) is 9.16 Å². The number of carbonyl (C=O) groups excluding carboxylic acids is 1. The van der Waals surface area contributed by atoms with Crippen molar-refractivity contribution in [3.05, 3.63) is 0 Å². The van der Waals surface area contributed by atoms with Crippen LogP contribution >= 0.6 is 11.6 Å². The van der Waals surface area contributed by atoms with Crippen molar-refractivity contribution in [1.29, 1.82) is 5.26 Å². The number of amides is 1. The molecule has 0 radical (unpaired) electrons. The highest BCUT2D eigenvalue weighted by Crippen LogP contribution is 2.38. The SMILES string of the molecule is CC(C)N(C(=O)O[C@H](C#N)[C@@H](O)[C@@H](Cl)O[Si](C)(C)C(C)(C)C)C(C)C. The standard InChI is InChI=1S/C17H33ClN2O4Si/c1-11(2)20(12(3)4)16(22)23-13(10-19)14(21)15(18)24-25(8,9)17(5,6)7/h11-15,21H,1-9H3/t13-,14-,15+/m1/s1. The molecular weight excluding hydrogens is 360 g/mol. The lowest BCUT2D eigenvalue weighted by Crippen LogP contribution is -2.50. The van der Waals surface area contributed by atoms with Gasteiger partial charge in [-0.3, -0.25) is 0 Å². The van der Waals surface area contributed by atoms with Crippen molar-refractivity contribution >= 4 is 26.0 Å². The summed E-state index contributed by atoms with van der Waals surface area (Å²) in [5, 5.41) is 19.6. The second kappa shape index (κ2) is 9.22. The highest BCUT2D eigenvalue weighted by Gasteiger charge is 2.42. The van der Waals surface area contributed by atoms with Gasteiger partial charge in [0.05, 0.1) is 0 Å². The third-order valence-corrected chi connectivity index (χ3v) is 9.42. The molecule has 0 aliphatic carbocycles. The van der Waals surface area contributed by atoms with Crippen molar-refractivity contribution in [2.24, 2.45) is 0 Å². The third-order valence-electron chi connectivity index (χ3n) is 4.47. The molecule has 0 aromatic rings. The second-order valence-corrected chi connectivity index (χ2v) is 13.4. The number of halogens is 1. The van der Waals surface area contributed by atoms with E-state index in [2.05, 4.69) is 0 Å². The molecule has 146 valence electrons. The Labute approximate surface area is 158 Å². The minimum absolute atomic E-state index is 0.0979. The maximum absolute atomic E-state index is 12.3. The van der Waals surface area contributed by atoms with Crippen LogP contribution in [0.15, 0.2) is 0 Å². The quantitative estimate of drug-likeness (QED) is 0.521. The first-order valence-corrected chi connectivity index (χ1v) is 11.9. The molecular formula is C17H33ClN2O4Si. The van der Waals surface area contributed by atoms with Crippen molar-refractivity contribution in [1.82, 2.24) is 4.90 Å². The fourth-order valence-electron chi connectivity index (χ4n) is 2.03. The molecule has 0 aliphatic heterocycles. The fraction of sp³-hybridized carbons (Fsp3) is 0.882. The molecule has 0 bridgehead atoms. The molecule has 8 heteroatoms. The molecule has 0 saturated heterocycles. The van der Waals surface area contributed by atoms with Gasteiger partial charge in [-0.05, 0) is 45.8 Å². The van der Waals surface area contributed by atoms with Gasteiger partial charge in [0.1, 0.15) is 12.2 Å². The van der Waals surface area contributed by atoms with E-state index >= 15 is 0 Å². The zero-order chi connectivity index (χ0) is 20.2. The zero-order valence-corrected chi connectivity index (χ0v) is 18.6. The molecule has 0 spiro atoms. The normalized spacial score (nSPS) is 16.3. The Morgan fingerprint density at radius 1 is 1.20 bits per heavy atom. The molecule has 0 saturated carbocycles. The van der Waals surface area contributed by atoms with E-state index in [9.17, 15) is 15.2 Å². The van der Waals surface area contributed by atoms with E-state index in [4.69, 9.17) is 20.8 Å². The summed E-state index contributed by atoms with van der Waals surface area (Å²) < 4.78 is 11.1. The maximum atomic E-state index is 12.3. The Morgan fingerprint density at radius 2 is 1.64 bits per heavy atom. The summed E-state index contributed by atoms with van der Waals surface area (Å²) in [6.07, 6.45) is -3.50. The number of aliphatic hydroxyl groups is 1. The summed E-state index contributed by atoms with van der Waals surface area (Å²) >= 11 is 6.19. The second-order valence-electron chi connectivity index (χ2n) is 8.25. The van der Waals surface area contributed by atoms with Gasteiger partial charge in [0, 0.05) is 12.1 Å². The summed E-state index contributed by atoms with van der Waals surface area (Å²) in [4.78, 5) is 13.8. The van der Waals surface area contributed by atoms with E-state index in [1.165, 1.54) is 4.90 Å². The van der Waals surface area contributed by atoms with E-state index in [1.54, 1.807) is 6.07 Å². The monoisotopic (exact) mass is 392 g/mol. The van der Waals surface area contributed by atoms with Gasteiger partial charge in [0.15, 0.2) is 13.9 Å². The molecule has 0 unspecified atom stereocenters. The number of ether oxygens (including phenoxy) is 1.